The number of rotatable bonds is 5. The van der Waals surface area contributed by atoms with Crippen LogP contribution in [-0.2, 0) is 4.79 Å². The van der Waals surface area contributed by atoms with Crippen LogP contribution in [0, 0.1) is 17.3 Å². The van der Waals surface area contributed by atoms with Crippen molar-refractivity contribution in [2.24, 2.45) is 17.3 Å². The van der Waals surface area contributed by atoms with Crippen molar-refractivity contribution in [2.75, 3.05) is 6.61 Å². The normalized spacial score (nSPS) is 33.6. The number of ketones is 1. The predicted molar refractivity (Wildman–Crippen MR) is 141 cm³/mol. The Morgan fingerprint density at radius 2 is 1.89 bits per heavy atom. The lowest BCUT2D eigenvalue weighted by atomic mass is 9.51. The molecule has 0 radical (unpaired) electrons. The number of aliphatic hydroxyl groups excluding tert-OH is 1. The Hall–Kier alpha value is -2.56. The highest BCUT2D eigenvalue weighted by molar-refractivity contribution is 5.93. The molecule has 1 aromatic heterocycles. The fourth-order valence-corrected chi connectivity index (χ4v) is 8.28. The van der Waals surface area contributed by atoms with Gasteiger partial charge in [0.25, 0.3) is 0 Å². The Balaban J connectivity index is 1.45. The van der Waals surface area contributed by atoms with Crippen LogP contribution in [0.3, 0.4) is 0 Å². The maximum absolute atomic E-state index is 12.3. The Morgan fingerprint density at radius 1 is 1.06 bits per heavy atom. The lowest BCUT2D eigenvalue weighted by Crippen LogP contribution is -2.51. The smallest absolute Gasteiger partial charge is 0.156 e. The Bertz CT molecular complexity index is 1210. The van der Waals surface area contributed by atoms with Gasteiger partial charge in [-0.1, -0.05) is 42.8 Å². The molecule has 2 fully saturated rings. The molecule has 0 spiro atoms. The van der Waals surface area contributed by atoms with Gasteiger partial charge in [0, 0.05) is 36.8 Å². The van der Waals surface area contributed by atoms with E-state index in [4.69, 9.17) is 0 Å². The minimum atomic E-state index is -0.733. The Labute approximate surface area is 214 Å². The van der Waals surface area contributed by atoms with E-state index in [2.05, 4.69) is 42.2 Å². The molecule has 2 saturated carbocycles. The monoisotopic (exact) mass is 483 g/mol. The first kappa shape index (κ1) is 23.8. The number of allylic oxidation sites excluding steroid dienone is 4. The fraction of sp³-hybridized carbons (Fsp3) is 0.500. The summed E-state index contributed by atoms with van der Waals surface area (Å²) in [6.45, 7) is 2.46. The highest BCUT2D eigenvalue weighted by Gasteiger charge is 2.62. The average molecular weight is 484 g/mol. The van der Waals surface area contributed by atoms with Crippen LogP contribution in [0.1, 0.15) is 76.2 Å². The number of fused-ring (bicyclic) bond motifs is 4. The summed E-state index contributed by atoms with van der Waals surface area (Å²) in [5.41, 5.74) is 6.94. The van der Waals surface area contributed by atoms with E-state index in [-0.39, 0.29) is 23.7 Å². The van der Waals surface area contributed by atoms with Crippen molar-refractivity contribution in [3.05, 3.63) is 77.2 Å². The molecule has 2 N–H and O–H groups in total. The maximum atomic E-state index is 12.3. The maximum Gasteiger partial charge on any atom is 0.156 e. The van der Waals surface area contributed by atoms with Crippen molar-refractivity contribution in [3.8, 4) is 11.1 Å². The standard InChI is InChI=1S/C32H37NO3/c1-31-19-28(22-7-5-21(6-8-22)24-4-2-16-33-20-24)30-26-12-10-25(35)18-23(26)9-11-27(30)29(31)13-15-32(31,36)14-3-17-34/h2,4-8,16,18,20,27-29,34,36H,3,9-15,17,19H2,1H3/t27-,28+,29-,31+,32-/m0/s1. The van der Waals surface area contributed by atoms with E-state index in [0.29, 0.717) is 31.1 Å². The van der Waals surface area contributed by atoms with E-state index in [1.165, 1.54) is 16.7 Å². The summed E-state index contributed by atoms with van der Waals surface area (Å²) in [6, 6.07) is 13.0. The lowest BCUT2D eigenvalue weighted by molar-refractivity contribution is -0.114. The first-order valence-electron chi connectivity index (χ1n) is 13.7. The van der Waals surface area contributed by atoms with Gasteiger partial charge >= 0.3 is 0 Å². The van der Waals surface area contributed by atoms with Gasteiger partial charge in [-0.05, 0) is 103 Å². The number of hydrogen-bond donors (Lipinski definition) is 2. The first-order chi connectivity index (χ1) is 17.4. The second-order valence-corrected chi connectivity index (χ2v) is 11.8. The van der Waals surface area contributed by atoms with E-state index in [1.54, 1.807) is 11.8 Å². The summed E-state index contributed by atoms with van der Waals surface area (Å²) in [4.78, 5) is 16.5. The fourth-order valence-electron chi connectivity index (χ4n) is 8.28. The summed E-state index contributed by atoms with van der Waals surface area (Å²) in [5.74, 6) is 1.42. The summed E-state index contributed by atoms with van der Waals surface area (Å²) >= 11 is 0. The van der Waals surface area contributed by atoms with Crippen LogP contribution in [-0.4, -0.2) is 33.2 Å². The molecule has 0 aliphatic heterocycles. The zero-order valence-electron chi connectivity index (χ0n) is 21.2. The lowest BCUT2D eigenvalue weighted by Gasteiger charge is -2.55. The molecule has 5 atom stereocenters. The number of benzene rings is 1. The van der Waals surface area contributed by atoms with E-state index < -0.39 is 5.60 Å². The third kappa shape index (κ3) is 3.72. The third-order valence-corrected chi connectivity index (χ3v) is 10.1. The van der Waals surface area contributed by atoms with E-state index in [9.17, 15) is 15.0 Å². The Kier molecular flexibility index (Phi) is 6.00. The quantitative estimate of drug-likeness (QED) is 0.535. The van der Waals surface area contributed by atoms with E-state index >= 15 is 0 Å². The summed E-state index contributed by atoms with van der Waals surface area (Å²) < 4.78 is 0. The van der Waals surface area contributed by atoms with Crippen molar-refractivity contribution in [1.29, 1.82) is 0 Å². The van der Waals surface area contributed by atoms with Crippen molar-refractivity contribution >= 4 is 5.78 Å². The second kappa shape index (κ2) is 9.08. The van der Waals surface area contributed by atoms with Crippen LogP contribution in [0.15, 0.2) is 71.6 Å². The highest BCUT2D eigenvalue weighted by Crippen LogP contribution is 2.67. The Morgan fingerprint density at radius 3 is 2.64 bits per heavy atom. The molecule has 2 aromatic rings. The molecule has 0 saturated heterocycles. The molecule has 1 aromatic carbocycles. The van der Waals surface area contributed by atoms with Crippen LogP contribution >= 0.6 is 0 Å². The molecule has 4 aliphatic carbocycles. The van der Waals surface area contributed by atoms with Crippen molar-refractivity contribution < 1.29 is 15.0 Å². The summed E-state index contributed by atoms with van der Waals surface area (Å²) in [6.07, 6.45) is 13.2. The molecular formula is C32H37NO3. The zero-order valence-corrected chi connectivity index (χ0v) is 21.2. The van der Waals surface area contributed by atoms with Crippen LogP contribution in [0.5, 0.6) is 0 Å². The number of hydrogen-bond acceptors (Lipinski definition) is 4. The topological polar surface area (TPSA) is 70.4 Å². The highest BCUT2D eigenvalue weighted by atomic mass is 16.3. The summed E-state index contributed by atoms with van der Waals surface area (Å²) in [5, 5.41) is 21.6. The molecule has 36 heavy (non-hydrogen) atoms. The molecule has 0 amide bonds. The minimum Gasteiger partial charge on any atom is -0.396 e. The molecule has 0 unspecified atom stereocenters. The number of aliphatic hydroxyl groups is 2. The van der Waals surface area contributed by atoms with Gasteiger partial charge < -0.3 is 10.2 Å². The van der Waals surface area contributed by atoms with E-state index in [0.717, 1.165) is 49.7 Å². The molecule has 6 rings (SSSR count). The van der Waals surface area contributed by atoms with Crippen LogP contribution in [0.25, 0.3) is 11.1 Å². The minimum absolute atomic E-state index is 0.128. The molecule has 4 heteroatoms. The van der Waals surface area contributed by atoms with E-state index in [1.807, 2.05) is 18.3 Å². The van der Waals surface area contributed by atoms with Gasteiger partial charge in [-0.2, -0.15) is 0 Å². The van der Waals surface area contributed by atoms with Crippen LogP contribution < -0.4 is 0 Å². The number of carbonyl (C=O) groups is 1. The van der Waals surface area contributed by atoms with Gasteiger partial charge in [0.2, 0.25) is 0 Å². The summed E-state index contributed by atoms with van der Waals surface area (Å²) in [7, 11) is 0. The first-order valence-corrected chi connectivity index (χ1v) is 13.7. The number of nitrogens with zero attached hydrogens (tertiary/aromatic N) is 1. The molecular weight excluding hydrogens is 446 g/mol. The van der Waals surface area contributed by atoms with Gasteiger partial charge in [0.15, 0.2) is 5.78 Å². The molecule has 4 aliphatic rings. The molecule has 4 nitrogen and oxygen atoms in total. The number of carbonyl (C=O) groups excluding carboxylic acids is 1. The van der Waals surface area contributed by atoms with Crippen molar-refractivity contribution in [3.63, 3.8) is 0 Å². The van der Waals surface area contributed by atoms with Crippen LogP contribution in [0.2, 0.25) is 0 Å². The molecule has 0 bridgehead atoms. The number of pyridine rings is 1. The molecule has 188 valence electrons. The van der Waals surface area contributed by atoms with Gasteiger partial charge in [-0.3, -0.25) is 9.78 Å². The zero-order chi connectivity index (χ0) is 24.9. The van der Waals surface area contributed by atoms with Crippen molar-refractivity contribution in [2.45, 2.75) is 76.2 Å². The predicted octanol–water partition coefficient (Wildman–Crippen LogP) is 6.15. The average Bonchev–Trinajstić information content (AvgIpc) is 3.17. The number of aromatic nitrogens is 1. The van der Waals surface area contributed by atoms with Crippen LogP contribution in [0.4, 0.5) is 0 Å². The van der Waals surface area contributed by atoms with Gasteiger partial charge in [-0.25, -0.2) is 0 Å². The van der Waals surface area contributed by atoms with Gasteiger partial charge in [-0.15, -0.1) is 0 Å². The third-order valence-electron chi connectivity index (χ3n) is 10.1. The van der Waals surface area contributed by atoms with Gasteiger partial charge in [0.05, 0.1) is 5.60 Å². The SMILES string of the molecule is C[C@@]12C[C@H](c3ccc(-c4cccnc4)cc3)C3=C4CCC(=O)C=C4CC[C@H]3[C@@H]1CC[C@@]2(O)CCCO. The molecule has 1 heterocycles. The second-order valence-electron chi connectivity index (χ2n) is 11.8. The van der Waals surface area contributed by atoms with Crippen molar-refractivity contribution in [1.82, 2.24) is 4.98 Å². The largest absolute Gasteiger partial charge is 0.396 e. The van der Waals surface area contributed by atoms with Gasteiger partial charge in [0.1, 0.15) is 0 Å².